The summed E-state index contributed by atoms with van der Waals surface area (Å²) in [7, 11) is -0.390. The zero-order valence-corrected chi connectivity index (χ0v) is 14.9. The van der Waals surface area contributed by atoms with Crippen molar-refractivity contribution in [3.8, 4) is 17.1 Å². The van der Waals surface area contributed by atoms with Gasteiger partial charge in [-0.25, -0.2) is 4.57 Å². The number of benzene rings is 1. The summed E-state index contributed by atoms with van der Waals surface area (Å²) in [5, 5.41) is 3.77. The van der Waals surface area contributed by atoms with Crippen molar-refractivity contribution in [2.24, 2.45) is 0 Å². The number of methoxy groups -OCH3 is 1. The second-order valence-corrected chi connectivity index (χ2v) is 6.96. The zero-order valence-electron chi connectivity index (χ0n) is 14.0. The van der Waals surface area contributed by atoms with Crippen molar-refractivity contribution >= 4 is 18.8 Å². The van der Waals surface area contributed by atoms with Gasteiger partial charge in [-0.05, 0) is 31.2 Å². The molecule has 1 aromatic heterocycles. The predicted octanol–water partition coefficient (Wildman–Crippen LogP) is 2.96. The Kier molecular flexibility index (Phi) is 5.66. The molecule has 0 aliphatic heterocycles. The van der Waals surface area contributed by atoms with Crippen LogP contribution in [0.3, 0.4) is 0 Å². The van der Waals surface area contributed by atoms with Gasteiger partial charge >= 0.3 is 13.0 Å². The fourth-order valence-corrected chi connectivity index (χ4v) is 3.13. The molecule has 0 aliphatic carbocycles. The predicted molar refractivity (Wildman–Crippen MR) is 87.8 cm³/mol. The number of ketones is 1. The molecule has 10 heteroatoms. The molecule has 25 heavy (non-hydrogen) atoms. The van der Waals surface area contributed by atoms with Crippen molar-refractivity contribution in [2.45, 2.75) is 6.92 Å². The summed E-state index contributed by atoms with van der Waals surface area (Å²) < 4.78 is 32.2. The van der Waals surface area contributed by atoms with Gasteiger partial charge in [0.25, 0.3) is 5.78 Å². The standard InChI is InChI=1S/C15H16N3O6P/c1-9-12(13(19)15(17-16)25(20,22-3)23-4)14(24-18-9)10-5-7-11(21-2)8-6-10/h5-8H,1-4H3. The van der Waals surface area contributed by atoms with Crippen LogP contribution in [0.2, 0.25) is 0 Å². The number of aromatic nitrogens is 1. The number of carbonyl (C=O) groups is 1. The summed E-state index contributed by atoms with van der Waals surface area (Å²) in [6.45, 7) is 1.53. The van der Waals surface area contributed by atoms with Crippen LogP contribution >= 0.6 is 7.60 Å². The third-order valence-electron chi connectivity index (χ3n) is 3.48. The summed E-state index contributed by atoms with van der Waals surface area (Å²) in [5.74, 6) is -0.127. The molecule has 0 bridgehead atoms. The van der Waals surface area contributed by atoms with Crippen molar-refractivity contribution in [3.05, 3.63) is 41.1 Å². The lowest BCUT2D eigenvalue weighted by molar-refractivity contribution is -0.00425. The lowest BCUT2D eigenvalue weighted by atomic mass is 10.0. The summed E-state index contributed by atoms with van der Waals surface area (Å²) in [4.78, 5) is 15.6. The van der Waals surface area contributed by atoms with Crippen LogP contribution in [0.25, 0.3) is 16.9 Å². The highest BCUT2D eigenvalue weighted by Gasteiger charge is 2.46. The van der Waals surface area contributed by atoms with Crippen LogP contribution in [0.1, 0.15) is 16.1 Å². The van der Waals surface area contributed by atoms with E-state index in [-0.39, 0.29) is 17.0 Å². The Morgan fingerprint density at radius 2 is 1.80 bits per heavy atom. The molecule has 1 aromatic carbocycles. The van der Waals surface area contributed by atoms with Crippen LogP contribution in [0, 0.1) is 6.92 Å². The molecule has 0 fully saturated rings. The van der Waals surface area contributed by atoms with E-state index in [0.717, 1.165) is 14.2 Å². The van der Waals surface area contributed by atoms with Gasteiger partial charge in [-0.3, -0.25) is 4.79 Å². The summed E-state index contributed by atoms with van der Waals surface area (Å²) >= 11 is 0. The van der Waals surface area contributed by atoms with Crippen LogP contribution in [0.4, 0.5) is 0 Å². The van der Waals surface area contributed by atoms with E-state index < -0.39 is 18.8 Å². The molecule has 0 N–H and O–H groups in total. The lowest BCUT2D eigenvalue weighted by Gasteiger charge is -2.08. The van der Waals surface area contributed by atoms with Crippen molar-refractivity contribution < 1.29 is 32.5 Å². The van der Waals surface area contributed by atoms with Gasteiger partial charge in [0.15, 0.2) is 5.76 Å². The van der Waals surface area contributed by atoms with Crippen molar-refractivity contribution in [1.29, 1.82) is 0 Å². The van der Waals surface area contributed by atoms with E-state index in [1.54, 1.807) is 24.3 Å². The summed E-state index contributed by atoms with van der Waals surface area (Å²) in [6, 6.07) is 6.69. The highest BCUT2D eigenvalue weighted by molar-refractivity contribution is 7.75. The average Bonchev–Trinajstić information content (AvgIpc) is 3.03. The normalized spacial score (nSPS) is 11.0. The first kappa shape index (κ1) is 18.8. The molecule has 132 valence electrons. The first-order valence-corrected chi connectivity index (χ1v) is 8.55. The Morgan fingerprint density at radius 1 is 1.20 bits per heavy atom. The van der Waals surface area contributed by atoms with Gasteiger partial charge in [-0.15, -0.1) is 0 Å². The number of nitrogens with zero attached hydrogens (tertiary/aromatic N) is 3. The fraction of sp³-hybridized carbons (Fsp3) is 0.267. The Hall–Kier alpha value is -2.57. The van der Waals surface area contributed by atoms with Crippen LogP contribution in [0.15, 0.2) is 28.8 Å². The third kappa shape index (κ3) is 3.45. The molecule has 0 atom stereocenters. The molecule has 0 amide bonds. The molecule has 0 spiro atoms. The molecule has 0 saturated heterocycles. The molecule has 2 aromatic rings. The molecule has 0 unspecified atom stereocenters. The topological polar surface area (TPSA) is 124 Å². The van der Waals surface area contributed by atoms with Gasteiger partial charge in [-0.1, -0.05) is 5.16 Å². The third-order valence-corrected chi connectivity index (χ3v) is 5.25. The van der Waals surface area contributed by atoms with Gasteiger partial charge in [0.05, 0.1) is 12.8 Å². The van der Waals surface area contributed by atoms with Gasteiger partial charge in [0.2, 0.25) is 0 Å². The second-order valence-electron chi connectivity index (χ2n) is 4.82. The van der Waals surface area contributed by atoms with E-state index >= 15 is 0 Å². The quantitative estimate of drug-likeness (QED) is 0.243. The smallest absolute Gasteiger partial charge is 0.449 e. The van der Waals surface area contributed by atoms with Gasteiger partial charge in [0, 0.05) is 19.8 Å². The Morgan fingerprint density at radius 3 is 2.28 bits per heavy atom. The number of ether oxygens (including phenoxy) is 1. The van der Waals surface area contributed by atoms with Crippen molar-refractivity contribution in [2.75, 3.05) is 21.3 Å². The van der Waals surface area contributed by atoms with E-state index in [2.05, 4.69) is 9.95 Å². The Balaban J connectivity index is 2.56. The number of aryl methyl sites for hydroxylation is 1. The maximum absolute atomic E-state index is 12.8. The largest absolute Gasteiger partial charge is 0.497 e. The average molecular weight is 365 g/mol. The van der Waals surface area contributed by atoms with Crippen molar-refractivity contribution in [3.63, 3.8) is 0 Å². The first-order valence-electron chi connectivity index (χ1n) is 7.01. The number of carbonyl (C=O) groups excluding carboxylic acids is 1. The molecule has 0 radical (unpaired) electrons. The first-order chi connectivity index (χ1) is 11.9. The Labute approximate surface area is 143 Å². The minimum absolute atomic E-state index is 0.00714. The molecule has 9 nitrogen and oxygen atoms in total. The Bertz CT molecular complexity index is 875. The number of Topliss-reactive ketones (excluding diaryl/α,β-unsaturated/α-hetero) is 1. The van der Waals surface area contributed by atoms with Crippen LogP contribution in [0.5, 0.6) is 5.75 Å². The van der Waals surface area contributed by atoms with Gasteiger partial charge in [0.1, 0.15) is 11.3 Å². The van der Waals surface area contributed by atoms with Crippen LogP contribution in [-0.2, 0) is 13.6 Å². The summed E-state index contributed by atoms with van der Waals surface area (Å²) in [6.07, 6.45) is 0. The highest BCUT2D eigenvalue weighted by Crippen LogP contribution is 2.48. The molecular weight excluding hydrogens is 349 g/mol. The number of hydrogen-bond acceptors (Lipinski definition) is 7. The van der Waals surface area contributed by atoms with E-state index in [9.17, 15) is 14.9 Å². The molecule has 2 rings (SSSR count). The second kappa shape index (κ2) is 7.55. The minimum atomic E-state index is -4.07. The van der Waals surface area contributed by atoms with Crippen LogP contribution < -0.4 is 4.74 Å². The van der Waals surface area contributed by atoms with Crippen molar-refractivity contribution in [1.82, 2.24) is 5.16 Å². The highest BCUT2D eigenvalue weighted by atomic mass is 31.2. The number of rotatable bonds is 7. The molecule has 1 heterocycles. The van der Waals surface area contributed by atoms with E-state index in [1.165, 1.54) is 14.0 Å². The van der Waals surface area contributed by atoms with Gasteiger partial charge in [-0.2, -0.15) is 4.79 Å². The van der Waals surface area contributed by atoms with E-state index in [4.69, 9.17) is 18.3 Å². The van der Waals surface area contributed by atoms with E-state index in [0.29, 0.717) is 11.3 Å². The lowest BCUT2D eigenvalue weighted by Crippen LogP contribution is -2.19. The van der Waals surface area contributed by atoms with Crippen LogP contribution in [-0.4, -0.2) is 42.5 Å². The summed E-state index contributed by atoms with van der Waals surface area (Å²) in [5.41, 5.74) is 9.17. The maximum Gasteiger partial charge on any atom is 0.449 e. The fourth-order valence-electron chi connectivity index (χ4n) is 2.16. The minimum Gasteiger partial charge on any atom is -0.497 e. The number of hydrogen-bond donors (Lipinski definition) is 0. The monoisotopic (exact) mass is 365 g/mol. The SMILES string of the molecule is COc1ccc(-c2onc(C)c2C(=O)C(=[N+]=[N-])P(=O)(OC)OC)cc1. The van der Waals surface area contributed by atoms with Gasteiger partial charge < -0.3 is 23.8 Å². The maximum atomic E-state index is 12.8. The zero-order chi connectivity index (χ0) is 18.6. The molecule has 0 saturated carbocycles. The molecular formula is C15H16N3O6P. The molecule has 0 aliphatic rings. The van der Waals surface area contributed by atoms with E-state index in [1.807, 2.05) is 0 Å².